The zero-order chi connectivity index (χ0) is 19.6. The molecule has 1 aliphatic heterocycles. The minimum Gasteiger partial charge on any atom is -0.333 e. The van der Waals surface area contributed by atoms with Crippen molar-refractivity contribution in [2.45, 2.75) is 50.1 Å². The molecule has 1 heterocycles. The number of benzene rings is 2. The Hall–Kier alpha value is -1.86. The van der Waals surface area contributed by atoms with E-state index in [1.54, 1.807) is 36.4 Å². The van der Waals surface area contributed by atoms with Crippen LogP contribution in [0.3, 0.4) is 0 Å². The van der Waals surface area contributed by atoms with Crippen LogP contribution in [-0.4, -0.2) is 31.3 Å². The van der Waals surface area contributed by atoms with Gasteiger partial charge >= 0.3 is 0 Å². The van der Waals surface area contributed by atoms with Gasteiger partial charge in [-0.25, -0.2) is 8.42 Å². The maximum absolute atomic E-state index is 13.1. The fourth-order valence-corrected chi connectivity index (χ4v) is 5.58. The predicted molar refractivity (Wildman–Crippen MR) is 110 cm³/mol. The number of nitrogens with one attached hydrogen (secondary N) is 1. The van der Waals surface area contributed by atoms with Crippen molar-refractivity contribution in [2.75, 3.05) is 4.72 Å². The zero-order valence-electron chi connectivity index (χ0n) is 15.4. The molecule has 0 radical (unpaired) electrons. The van der Waals surface area contributed by atoms with Gasteiger partial charge in [0.15, 0.2) is 0 Å². The number of amides is 1. The van der Waals surface area contributed by atoms with E-state index in [0.717, 1.165) is 19.3 Å². The summed E-state index contributed by atoms with van der Waals surface area (Å²) in [6.45, 7) is 4.09. The predicted octanol–water partition coefficient (Wildman–Crippen LogP) is 4.65. The van der Waals surface area contributed by atoms with Gasteiger partial charge in [-0.2, -0.15) is 0 Å². The summed E-state index contributed by atoms with van der Waals surface area (Å²) >= 11 is 3.30. The van der Waals surface area contributed by atoms with E-state index in [1.807, 2.05) is 24.8 Å². The molecule has 1 amide bonds. The number of likely N-dealkylation sites (tertiary alicyclic amines) is 1. The molecule has 0 unspecified atom stereocenters. The Labute approximate surface area is 169 Å². The smallest absolute Gasteiger partial charge is 0.263 e. The van der Waals surface area contributed by atoms with E-state index in [9.17, 15) is 13.2 Å². The molecule has 1 saturated heterocycles. The highest BCUT2D eigenvalue weighted by molar-refractivity contribution is 9.10. The molecule has 1 fully saturated rings. The first-order valence-electron chi connectivity index (χ1n) is 8.99. The maximum atomic E-state index is 13.1. The van der Waals surface area contributed by atoms with Gasteiger partial charge in [0.05, 0.1) is 0 Å². The second-order valence-electron chi connectivity index (χ2n) is 6.96. The molecule has 2 aromatic carbocycles. The summed E-state index contributed by atoms with van der Waals surface area (Å²) < 4.78 is 28.6. The summed E-state index contributed by atoms with van der Waals surface area (Å²) in [6, 6.07) is 13.7. The number of nitrogens with zero attached hydrogens (tertiary/aromatic N) is 1. The quantitative estimate of drug-likeness (QED) is 0.736. The van der Waals surface area contributed by atoms with Crippen LogP contribution in [0.2, 0.25) is 0 Å². The SMILES string of the molecule is C[C@H]1CCC[C@H](C)N1C(=O)c1ccc(Br)c(S(=O)(=O)Nc2ccccc2)c1. The molecule has 0 bridgehead atoms. The second kappa shape index (κ2) is 8.02. The third-order valence-corrected chi connectivity index (χ3v) is 7.30. The Bertz CT molecular complexity index is 921. The van der Waals surface area contributed by atoms with Crippen LogP contribution >= 0.6 is 15.9 Å². The number of rotatable bonds is 4. The van der Waals surface area contributed by atoms with Crippen LogP contribution < -0.4 is 4.72 Å². The fraction of sp³-hybridized carbons (Fsp3) is 0.350. The zero-order valence-corrected chi connectivity index (χ0v) is 17.8. The number of para-hydroxylation sites is 1. The van der Waals surface area contributed by atoms with Gasteiger partial charge < -0.3 is 4.90 Å². The summed E-state index contributed by atoms with van der Waals surface area (Å²) in [7, 11) is -3.83. The van der Waals surface area contributed by atoms with Crippen LogP contribution in [0.4, 0.5) is 5.69 Å². The molecule has 27 heavy (non-hydrogen) atoms. The molecule has 1 N–H and O–H groups in total. The molecular formula is C20H23BrN2O3S. The summed E-state index contributed by atoms with van der Waals surface area (Å²) in [4.78, 5) is 15.0. The van der Waals surface area contributed by atoms with E-state index in [0.29, 0.717) is 15.7 Å². The number of hydrogen-bond acceptors (Lipinski definition) is 3. The molecule has 2 aromatic rings. The molecule has 2 atom stereocenters. The highest BCUT2D eigenvalue weighted by Crippen LogP contribution is 2.29. The van der Waals surface area contributed by atoms with Crippen molar-refractivity contribution in [1.29, 1.82) is 0 Å². The van der Waals surface area contributed by atoms with Gasteiger partial charge in [0.25, 0.3) is 15.9 Å². The maximum Gasteiger partial charge on any atom is 0.263 e. The summed E-state index contributed by atoms with van der Waals surface area (Å²) in [5.41, 5.74) is 0.853. The monoisotopic (exact) mass is 450 g/mol. The molecule has 7 heteroatoms. The van der Waals surface area contributed by atoms with Crippen LogP contribution in [0.1, 0.15) is 43.5 Å². The van der Waals surface area contributed by atoms with E-state index in [4.69, 9.17) is 0 Å². The summed E-state index contributed by atoms with van der Waals surface area (Å²) in [5.74, 6) is -0.127. The van der Waals surface area contributed by atoms with Crippen LogP contribution in [0.5, 0.6) is 0 Å². The fourth-order valence-electron chi connectivity index (χ4n) is 3.53. The number of carbonyl (C=O) groups is 1. The molecular weight excluding hydrogens is 428 g/mol. The van der Waals surface area contributed by atoms with Gasteiger partial charge in [0.2, 0.25) is 0 Å². The van der Waals surface area contributed by atoms with Crippen molar-refractivity contribution in [3.8, 4) is 0 Å². The summed E-state index contributed by atoms with van der Waals surface area (Å²) in [5, 5.41) is 0. The topological polar surface area (TPSA) is 66.5 Å². The Morgan fingerprint density at radius 1 is 1.07 bits per heavy atom. The Morgan fingerprint density at radius 2 is 1.70 bits per heavy atom. The van der Waals surface area contributed by atoms with Crippen LogP contribution in [-0.2, 0) is 10.0 Å². The standard InChI is InChI=1S/C20H23BrN2O3S/c1-14-7-6-8-15(2)23(14)20(24)16-11-12-18(21)19(13-16)27(25,26)22-17-9-4-3-5-10-17/h3-5,9-15,22H,6-8H2,1-2H3/t14-,15-/m0/s1. The Morgan fingerprint density at radius 3 is 2.33 bits per heavy atom. The van der Waals surface area contributed by atoms with E-state index in [2.05, 4.69) is 20.7 Å². The number of sulfonamides is 1. The van der Waals surface area contributed by atoms with Gasteiger partial charge in [-0.3, -0.25) is 9.52 Å². The number of hydrogen-bond donors (Lipinski definition) is 1. The number of carbonyl (C=O) groups excluding carboxylic acids is 1. The molecule has 0 aromatic heterocycles. The minimum absolute atomic E-state index is 0.0505. The van der Waals surface area contributed by atoms with E-state index in [1.165, 1.54) is 6.07 Å². The lowest BCUT2D eigenvalue weighted by Crippen LogP contribution is -2.47. The van der Waals surface area contributed by atoms with Gasteiger partial charge in [0, 0.05) is 27.8 Å². The van der Waals surface area contributed by atoms with Gasteiger partial charge in [-0.05, 0) is 79.4 Å². The van der Waals surface area contributed by atoms with E-state index in [-0.39, 0.29) is 22.9 Å². The lowest BCUT2D eigenvalue weighted by molar-refractivity contribution is 0.0510. The average Bonchev–Trinajstić information content (AvgIpc) is 2.62. The van der Waals surface area contributed by atoms with E-state index >= 15 is 0 Å². The molecule has 144 valence electrons. The lowest BCUT2D eigenvalue weighted by Gasteiger charge is -2.39. The van der Waals surface area contributed by atoms with Crippen LogP contribution in [0.15, 0.2) is 57.9 Å². The molecule has 0 saturated carbocycles. The normalized spacial score (nSPS) is 20.3. The minimum atomic E-state index is -3.83. The highest BCUT2D eigenvalue weighted by atomic mass is 79.9. The van der Waals surface area contributed by atoms with Crippen molar-refractivity contribution in [3.63, 3.8) is 0 Å². The summed E-state index contributed by atoms with van der Waals surface area (Å²) in [6.07, 6.45) is 3.04. The van der Waals surface area contributed by atoms with Crippen molar-refractivity contribution in [1.82, 2.24) is 4.90 Å². The average molecular weight is 451 g/mol. The van der Waals surface area contributed by atoms with E-state index < -0.39 is 10.0 Å². The van der Waals surface area contributed by atoms with Crippen molar-refractivity contribution < 1.29 is 13.2 Å². The Kier molecular flexibility index (Phi) is 5.91. The van der Waals surface area contributed by atoms with Crippen molar-refractivity contribution in [3.05, 3.63) is 58.6 Å². The molecule has 3 rings (SSSR count). The number of halogens is 1. The van der Waals surface area contributed by atoms with Crippen molar-refractivity contribution >= 4 is 37.5 Å². The molecule has 0 spiro atoms. The van der Waals surface area contributed by atoms with Gasteiger partial charge in [0.1, 0.15) is 4.90 Å². The van der Waals surface area contributed by atoms with Crippen LogP contribution in [0, 0.1) is 0 Å². The van der Waals surface area contributed by atoms with Crippen molar-refractivity contribution in [2.24, 2.45) is 0 Å². The second-order valence-corrected chi connectivity index (χ2v) is 9.46. The Balaban J connectivity index is 1.93. The van der Waals surface area contributed by atoms with Crippen LogP contribution in [0.25, 0.3) is 0 Å². The highest BCUT2D eigenvalue weighted by Gasteiger charge is 2.30. The molecule has 5 nitrogen and oxygen atoms in total. The van der Waals surface area contributed by atoms with Gasteiger partial charge in [-0.1, -0.05) is 18.2 Å². The van der Waals surface area contributed by atoms with Gasteiger partial charge in [-0.15, -0.1) is 0 Å². The lowest BCUT2D eigenvalue weighted by atomic mass is 9.96. The molecule has 1 aliphatic rings. The molecule has 0 aliphatic carbocycles. The number of piperidine rings is 1. The first-order valence-corrected chi connectivity index (χ1v) is 11.3. The first kappa shape index (κ1) is 19.9. The third kappa shape index (κ3) is 4.35. The number of anilines is 1. The largest absolute Gasteiger partial charge is 0.333 e. The third-order valence-electron chi connectivity index (χ3n) is 4.92. The first-order chi connectivity index (χ1) is 12.8.